The number of hydrogen-bond donors (Lipinski definition) is 2. The van der Waals surface area contributed by atoms with Crippen LogP contribution in [0.25, 0.3) is 0 Å². The zero-order valence-electron chi connectivity index (χ0n) is 16.6. The van der Waals surface area contributed by atoms with Crippen LogP contribution in [0.15, 0.2) is 36.0 Å². The molecule has 1 aromatic carbocycles. The Hall–Kier alpha value is -2.55. The average molecular weight is 425 g/mol. The maximum Gasteiger partial charge on any atom is 0.416 e. The summed E-state index contributed by atoms with van der Waals surface area (Å²) in [6.45, 7) is 1.41. The molecule has 1 atom stereocenters. The highest BCUT2D eigenvalue weighted by Crippen LogP contribution is 2.41. The summed E-state index contributed by atoms with van der Waals surface area (Å²) in [6, 6.07) is 4.75. The van der Waals surface area contributed by atoms with E-state index >= 15 is 0 Å². The van der Waals surface area contributed by atoms with Crippen LogP contribution in [0.1, 0.15) is 37.7 Å². The number of anilines is 1. The predicted molar refractivity (Wildman–Crippen MR) is 105 cm³/mol. The highest BCUT2D eigenvalue weighted by Gasteiger charge is 2.43. The van der Waals surface area contributed by atoms with Gasteiger partial charge in [-0.1, -0.05) is 6.07 Å². The SMILES string of the molecule is NC(=O)C1=CN(c2cccc(C(F)(F)F)c2)CC(CCC2CCOCC2)(C(N)=O)C1. The number of benzene rings is 1. The third-order valence-corrected chi connectivity index (χ3v) is 6.03. The summed E-state index contributed by atoms with van der Waals surface area (Å²) < 4.78 is 44.8. The maximum absolute atomic E-state index is 13.2. The van der Waals surface area contributed by atoms with E-state index in [0.717, 1.165) is 31.4 Å². The van der Waals surface area contributed by atoms with Crippen molar-refractivity contribution >= 4 is 17.5 Å². The molecule has 0 radical (unpaired) electrons. The van der Waals surface area contributed by atoms with Crippen LogP contribution in [0.4, 0.5) is 18.9 Å². The van der Waals surface area contributed by atoms with Crippen LogP contribution in [0, 0.1) is 11.3 Å². The van der Waals surface area contributed by atoms with Crippen molar-refractivity contribution < 1.29 is 27.5 Å². The predicted octanol–water partition coefficient (Wildman–Crippen LogP) is 2.96. The van der Waals surface area contributed by atoms with Crippen molar-refractivity contribution in [3.05, 3.63) is 41.6 Å². The quantitative estimate of drug-likeness (QED) is 0.732. The zero-order valence-corrected chi connectivity index (χ0v) is 16.6. The van der Waals surface area contributed by atoms with Gasteiger partial charge in [0.05, 0.1) is 11.0 Å². The Morgan fingerprint density at radius 2 is 1.90 bits per heavy atom. The number of nitrogens with two attached hydrogens (primary N) is 2. The van der Waals surface area contributed by atoms with E-state index in [1.54, 1.807) is 0 Å². The molecule has 2 heterocycles. The van der Waals surface area contributed by atoms with Gasteiger partial charge in [0.1, 0.15) is 0 Å². The van der Waals surface area contributed by atoms with Crippen LogP contribution in [0.5, 0.6) is 0 Å². The van der Waals surface area contributed by atoms with Crippen molar-refractivity contribution in [2.45, 2.75) is 38.3 Å². The lowest BCUT2D eigenvalue weighted by Gasteiger charge is -2.41. The molecule has 0 aliphatic carbocycles. The van der Waals surface area contributed by atoms with Crippen molar-refractivity contribution in [2.75, 3.05) is 24.7 Å². The topological polar surface area (TPSA) is 98.7 Å². The average Bonchev–Trinajstić information content (AvgIpc) is 2.72. The van der Waals surface area contributed by atoms with Crippen LogP contribution in [-0.4, -0.2) is 31.6 Å². The van der Waals surface area contributed by atoms with Gasteiger partial charge in [-0.15, -0.1) is 0 Å². The smallest absolute Gasteiger partial charge is 0.381 e. The van der Waals surface area contributed by atoms with Crippen LogP contribution in [0.2, 0.25) is 0 Å². The second-order valence-electron chi connectivity index (χ2n) is 8.11. The summed E-state index contributed by atoms with van der Waals surface area (Å²) >= 11 is 0. The second-order valence-corrected chi connectivity index (χ2v) is 8.11. The molecule has 1 unspecified atom stereocenters. The molecule has 9 heteroatoms. The fourth-order valence-electron chi connectivity index (χ4n) is 4.17. The molecule has 1 saturated heterocycles. The van der Waals surface area contributed by atoms with Gasteiger partial charge in [-0.05, 0) is 56.2 Å². The van der Waals surface area contributed by atoms with E-state index in [-0.39, 0.29) is 24.2 Å². The first kappa shape index (κ1) is 22.1. The van der Waals surface area contributed by atoms with Crippen LogP contribution >= 0.6 is 0 Å². The number of alkyl halides is 3. The van der Waals surface area contributed by atoms with Gasteiger partial charge in [-0.3, -0.25) is 9.59 Å². The zero-order chi connectivity index (χ0) is 21.9. The van der Waals surface area contributed by atoms with E-state index in [0.29, 0.717) is 25.6 Å². The lowest BCUT2D eigenvalue weighted by molar-refractivity contribution is -0.137. The molecular weight excluding hydrogens is 399 g/mol. The van der Waals surface area contributed by atoms with E-state index in [9.17, 15) is 22.8 Å². The Morgan fingerprint density at radius 3 is 2.50 bits per heavy atom. The van der Waals surface area contributed by atoms with E-state index < -0.39 is 29.0 Å². The summed E-state index contributed by atoms with van der Waals surface area (Å²) in [5.41, 5.74) is 9.74. The standard InChI is InChI=1S/C21H26F3N3O3/c22-21(23,24)16-2-1-3-17(10-16)27-12-15(18(25)28)11-20(13-27,19(26)29)7-4-14-5-8-30-9-6-14/h1-3,10,12,14H,4-9,11,13H2,(H2,25,28)(H2,26,29). The van der Waals surface area contributed by atoms with Gasteiger partial charge in [0.25, 0.3) is 0 Å². The van der Waals surface area contributed by atoms with Crippen molar-refractivity contribution in [1.82, 2.24) is 0 Å². The molecule has 0 aromatic heterocycles. The first-order chi connectivity index (χ1) is 14.1. The summed E-state index contributed by atoms with van der Waals surface area (Å²) in [5, 5.41) is 0. The van der Waals surface area contributed by atoms with Crippen LogP contribution in [-0.2, 0) is 20.5 Å². The molecule has 4 N–H and O–H groups in total. The number of nitrogens with zero attached hydrogens (tertiary/aromatic N) is 1. The van der Waals surface area contributed by atoms with Gasteiger partial charge >= 0.3 is 6.18 Å². The second kappa shape index (κ2) is 8.67. The molecule has 0 bridgehead atoms. The van der Waals surface area contributed by atoms with E-state index in [2.05, 4.69) is 0 Å². The highest BCUT2D eigenvalue weighted by atomic mass is 19.4. The van der Waals surface area contributed by atoms with Crippen molar-refractivity contribution in [3.8, 4) is 0 Å². The summed E-state index contributed by atoms with van der Waals surface area (Å²) in [4.78, 5) is 26.0. The minimum absolute atomic E-state index is 0.0797. The van der Waals surface area contributed by atoms with Crippen LogP contribution < -0.4 is 16.4 Å². The van der Waals surface area contributed by atoms with E-state index in [1.807, 2.05) is 0 Å². The fraction of sp³-hybridized carbons (Fsp3) is 0.524. The molecule has 6 nitrogen and oxygen atoms in total. The molecule has 30 heavy (non-hydrogen) atoms. The van der Waals surface area contributed by atoms with Gasteiger partial charge in [0.15, 0.2) is 0 Å². The normalized spacial score (nSPS) is 23.2. The first-order valence-corrected chi connectivity index (χ1v) is 9.93. The Labute approximate surface area is 173 Å². The molecule has 3 rings (SSSR count). The molecule has 2 aliphatic rings. The molecule has 164 valence electrons. The van der Waals surface area contributed by atoms with Gasteiger partial charge in [-0.2, -0.15) is 13.2 Å². The highest BCUT2D eigenvalue weighted by molar-refractivity contribution is 5.95. The van der Waals surface area contributed by atoms with Gasteiger partial charge in [0, 0.05) is 37.2 Å². The van der Waals surface area contributed by atoms with E-state index in [4.69, 9.17) is 16.2 Å². The minimum atomic E-state index is -4.51. The Balaban J connectivity index is 1.91. The Kier molecular flexibility index (Phi) is 6.40. The minimum Gasteiger partial charge on any atom is -0.381 e. The number of carbonyl (C=O) groups is 2. The summed E-state index contributed by atoms with van der Waals surface area (Å²) in [6.07, 6.45) is -0.104. The number of carbonyl (C=O) groups excluding carboxylic acids is 2. The Bertz CT molecular complexity index is 834. The number of amides is 2. The van der Waals surface area contributed by atoms with Crippen molar-refractivity contribution in [2.24, 2.45) is 22.8 Å². The first-order valence-electron chi connectivity index (χ1n) is 9.93. The van der Waals surface area contributed by atoms with Gasteiger partial charge in [-0.25, -0.2) is 0 Å². The van der Waals surface area contributed by atoms with Gasteiger partial charge in [0.2, 0.25) is 11.8 Å². The van der Waals surface area contributed by atoms with Crippen molar-refractivity contribution in [1.29, 1.82) is 0 Å². The van der Waals surface area contributed by atoms with Crippen LogP contribution in [0.3, 0.4) is 0 Å². The molecule has 0 spiro atoms. The third kappa shape index (κ3) is 4.95. The molecule has 2 aliphatic heterocycles. The summed E-state index contributed by atoms with van der Waals surface area (Å²) in [7, 11) is 0. The lowest BCUT2D eigenvalue weighted by atomic mass is 9.72. The molecule has 1 fully saturated rings. The number of halogens is 3. The third-order valence-electron chi connectivity index (χ3n) is 6.03. The lowest BCUT2D eigenvalue weighted by Crippen LogP contribution is -2.49. The Morgan fingerprint density at radius 1 is 1.20 bits per heavy atom. The molecule has 0 saturated carbocycles. The van der Waals surface area contributed by atoms with Crippen molar-refractivity contribution in [3.63, 3.8) is 0 Å². The maximum atomic E-state index is 13.2. The molecule has 1 aromatic rings. The van der Waals surface area contributed by atoms with Gasteiger partial charge < -0.3 is 21.1 Å². The largest absolute Gasteiger partial charge is 0.416 e. The molecule has 2 amide bonds. The van der Waals surface area contributed by atoms with E-state index in [1.165, 1.54) is 23.2 Å². The number of hydrogen-bond acceptors (Lipinski definition) is 4. The number of primary amides is 2. The number of ether oxygens (including phenoxy) is 1. The molecular formula is C21H26F3N3O3. The fourth-order valence-corrected chi connectivity index (χ4v) is 4.17. The monoisotopic (exact) mass is 425 g/mol. The number of rotatable bonds is 6. The summed E-state index contributed by atoms with van der Waals surface area (Å²) in [5.74, 6) is -0.929.